The molecule has 0 saturated heterocycles. The van der Waals surface area contributed by atoms with Crippen LogP contribution in [0.3, 0.4) is 0 Å². The maximum atomic E-state index is 13.3. The molecule has 5 heteroatoms. The van der Waals surface area contributed by atoms with Gasteiger partial charge in [0.2, 0.25) is 0 Å². The molecule has 1 aromatic carbocycles. The molecule has 0 spiro atoms. The zero-order chi connectivity index (χ0) is 14.7. The Morgan fingerprint density at radius 2 is 2.20 bits per heavy atom. The van der Waals surface area contributed by atoms with Crippen molar-refractivity contribution in [3.63, 3.8) is 0 Å². The summed E-state index contributed by atoms with van der Waals surface area (Å²) in [6.45, 7) is 1.64. The molecule has 1 aromatic rings. The number of hydrogen-bond donors (Lipinski definition) is 3. The van der Waals surface area contributed by atoms with E-state index in [4.69, 9.17) is 5.11 Å². The van der Waals surface area contributed by atoms with Crippen molar-refractivity contribution in [3.05, 3.63) is 35.1 Å². The normalized spacial score (nSPS) is 17.8. The summed E-state index contributed by atoms with van der Waals surface area (Å²) >= 11 is 0. The summed E-state index contributed by atoms with van der Waals surface area (Å²) in [7, 11) is 0. The molecule has 0 heterocycles. The first-order chi connectivity index (χ1) is 9.47. The number of rotatable bonds is 7. The van der Waals surface area contributed by atoms with Gasteiger partial charge in [0.25, 0.3) is 0 Å². The van der Waals surface area contributed by atoms with Crippen LogP contribution in [0.25, 0.3) is 0 Å². The highest BCUT2D eigenvalue weighted by Gasteiger charge is 2.29. The van der Waals surface area contributed by atoms with E-state index in [1.165, 1.54) is 6.07 Å². The average molecular weight is 281 g/mol. The summed E-state index contributed by atoms with van der Waals surface area (Å²) in [5, 5.41) is 22.5. The van der Waals surface area contributed by atoms with Crippen molar-refractivity contribution >= 4 is 5.97 Å². The van der Waals surface area contributed by atoms with Crippen molar-refractivity contribution in [3.8, 4) is 0 Å². The molecule has 0 amide bonds. The van der Waals surface area contributed by atoms with Crippen LogP contribution in [0.5, 0.6) is 0 Å². The Bertz CT molecular complexity index is 488. The molecule has 0 aromatic heterocycles. The zero-order valence-electron chi connectivity index (χ0n) is 11.5. The van der Waals surface area contributed by atoms with Crippen LogP contribution in [0.15, 0.2) is 18.2 Å². The Kier molecular flexibility index (Phi) is 4.73. The lowest BCUT2D eigenvalue weighted by Crippen LogP contribution is -2.37. The van der Waals surface area contributed by atoms with Crippen LogP contribution in [0.4, 0.5) is 4.39 Å². The number of halogens is 1. The predicted octanol–water partition coefficient (Wildman–Crippen LogP) is 2.15. The highest BCUT2D eigenvalue weighted by Crippen LogP contribution is 2.27. The van der Waals surface area contributed by atoms with Gasteiger partial charge in [-0.1, -0.05) is 12.1 Å². The molecule has 1 fully saturated rings. The molecule has 0 bridgehead atoms. The SMILES string of the molecule is Cc1cc(C(O)C(CCC(=O)O)NC2CC2)ccc1F. The Hall–Kier alpha value is -1.46. The Morgan fingerprint density at radius 3 is 2.75 bits per heavy atom. The van der Waals surface area contributed by atoms with Crippen LogP contribution in [0.1, 0.15) is 42.9 Å². The molecule has 2 rings (SSSR count). The molecule has 2 unspecified atom stereocenters. The van der Waals surface area contributed by atoms with Crippen LogP contribution < -0.4 is 5.32 Å². The molecular formula is C15H20FNO3. The van der Waals surface area contributed by atoms with E-state index in [0.29, 0.717) is 23.6 Å². The topological polar surface area (TPSA) is 69.6 Å². The van der Waals surface area contributed by atoms with E-state index in [1.54, 1.807) is 19.1 Å². The minimum Gasteiger partial charge on any atom is -0.481 e. The molecule has 4 nitrogen and oxygen atoms in total. The van der Waals surface area contributed by atoms with E-state index in [2.05, 4.69) is 5.32 Å². The number of hydrogen-bond acceptors (Lipinski definition) is 3. The molecule has 0 aliphatic heterocycles. The number of carboxylic acids is 1. The van der Waals surface area contributed by atoms with Crippen molar-refractivity contribution in [2.24, 2.45) is 0 Å². The Morgan fingerprint density at radius 1 is 1.50 bits per heavy atom. The zero-order valence-corrected chi connectivity index (χ0v) is 11.5. The summed E-state index contributed by atoms with van der Waals surface area (Å²) in [5.74, 6) is -1.19. The van der Waals surface area contributed by atoms with Crippen molar-refractivity contribution in [1.82, 2.24) is 5.32 Å². The van der Waals surface area contributed by atoms with Crippen molar-refractivity contribution in [2.45, 2.75) is 50.8 Å². The van der Waals surface area contributed by atoms with Gasteiger partial charge >= 0.3 is 5.97 Å². The van der Waals surface area contributed by atoms with Gasteiger partial charge in [-0.25, -0.2) is 4.39 Å². The number of carboxylic acid groups (broad SMARTS) is 1. The lowest BCUT2D eigenvalue weighted by atomic mass is 9.97. The lowest BCUT2D eigenvalue weighted by molar-refractivity contribution is -0.137. The minimum absolute atomic E-state index is 0.00161. The van der Waals surface area contributed by atoms with E-state index >= 15 is 0 Å². The smallest absolute Gasteiger partial charge is 0.303 e. The number of benzene rings is 1. The summed E-state index contributed by atoms with van der Waals surface area (Å²) < 4.78 is 13.3. The molecular weight excluding hydrogens is 261 g/mol. The molecule has 3 N–H and O–H groups in total. The predicted molar refractivity (Wildman–Crippen MR) is 72.9 cm³/mol. The summed E-state index contributed by atoms with van der Waals surface area (Å²) in [6.07, 6.45) is 1.64. The molecule has 1 saturated carbocycles. The fraction of sp³-hybridized carbons (Fsp3) is 0.533. The average Bonchev–Trinajstić information content (AvgIpc) is 3.20. The quantitative estimate of drug-likeness (QED) is 0.716. The van der Waals surface area contributed by atoms with Gasteiger partial charge in [0.05, 0.1) is 6.10 Å². The van der Waals surface area contributed by atoms with Gasteiger partial charge in [-0.05, 0) is 43.4 Å². The van der Waals surface area contributed by atoms with Crippen molar-refractivity contribution in [1.29, 1.82) is 0 Å². The van der Waals surface area contributed by atoms with E-state index in [0.717, 1.165) is 12.8 Å². The number of nitrogens with one attached hydrogen (secondary N) is 1. The maximum absolute atomic E-state index is 13.3. The molecule has 1 aliphatic rings. The van der Waals surface area contributed by atoms with E-state index in [1.807, 2.05) is 0 Å². The minimum atomic E-state index is -0.880. The fourth-order valence-electron chi connectivity index (χ4n) is 2.25. The van der Waals surface area contributed by atoms with Gasteiger partial charge in [-0.3, -0.25) is 4.79 Å². The third kappa shape index (κ3) is 4.02. The molecule has 0 radical (unpaired) electrons. The van der Waals surface area contributed by atoms with E-state index in [9.17, 15) is 14.3 Å². The summed E-state index contributed by atoms with van der Waals surface area (Å²) in [6, 6.07) is 4.55. The Labute approximate surface area is 117 Å². The first-order valence-corrected chi connectivity index (χ1v) is 6.89. The Balaban J connectivity index is 2.08. The summed E-state index contributed by atoms with van der Waals surface area (Å²) in [4.78, 5) is 10.7. The third-order valence-electron chi connectivity index (χ3n) is 3.60. The first kappa shape index (κ1) is 14.9. The monoisotopic (exact) mass is 281 g/mol. The second-order valence-corrected chi connectivity index (χ2v) is 5.43. The van der Waals surface area contributed by atoms with E-state index in [-0.39, 0.29) is 18.3 Å². The van der Waals surface area contributed by atoms with Gasteiger partial charge in [0, 0.05) is 18.5 Å². The van der Waals surface area contributed by atoms with Gasteiger partial charge in [-0.2, -0.15) is 0 Å². The van der Waals surface area contributed by atoms with Crippen LogP contribution in [0.2, 0.25) is 0 Å². The highest BCUT2D eigenvalue weighted by atomic mass is 19.1. The molecule has 1 aliphatic carbocycles. The third-order valence-corrected chi connectivity index (χ3v) is 3.60. The van der Waals surface area contributed by atoms with Gasteiger partial charge in [0.15, 0.2) is 0 Å². The standard InChI is InChI=1S/C15H20FNO3/c1-9-8-10(2-5-12(9)16)15(20)13(6-7-14(18)19)17-11-3-4-11/h2,5,8,11,13,15,17,20H,3-4,6-7H2,1H3,(H,18,19). The lowest BCUT2D eigenvalue weighted by Gasteiger charge is -2.24. The molecule has 2 atom stereocenters. The van der Waals surface area contributed by atoms with Crippen LogP contribution in [-0.2, 0) is 4.79 Å². The van der Waals surface area contributed by atoms with Crippen LogP contribution in [-0.4, -0.2) is 28.3 Å². The first-order valence-electron chi connectivity index (χ1n) is 6.89. The van der Waals surface area contributed by atoms with Crippen molar-refractivity contribution in [2.75, 3.05) is 0 Å². The highest BCUT2D eigenvalue weighted by molar-refractivity contribution is 5.66. The van der Waals surface area contributed by atoms with E-state index < -0.39 is 12.1 Å². The molecule has 110 valence electrons. The molecule has 20 heavy (non-hydrogen) atoms. The number of aryl methyl sites for hydroxylation is 1. The van der Waals surface area contributed by atoms with Gasteiger partial charge in [0.1, 0.15) is 5.82 Å². The number of aliphatic carboxylic acids is 1. The van der Waals surface area contributed by atoms with Gasteiger partial charge < -0.3 is 15.5 Å². The van der Waals surface area contributed by atoms with Crippen LogP contribution in [0, 0.1) is 12.7 Å². The fourth-order valence-corrected chi connectivity index (χ4v) is 2.25. The van der Waals surface area contributed by atoms with Gasteiger partial charge in [-0.15, -0.1) is 0 Å². The second-order valence-electron chi connectivity index (χ2n) is 5.43. The largest absolute Gasteiger partial charge is 0.481 e. The second kappa shape index (κ2) is 6.33. The maximum Gasteiger partial charge on any atom is 0.303 e. The number of aliphatic hydroxyl groups is 1. The van der Waals surface area contributed by atoms with Crippen LogP contribution >= 0.6 is 0 Å². The number of carbonyl (C=O) groups is 1. The number of aliphatic hydroxyl groups excluding tert-OH is 1. The summed E-state index contributed by atoms with van der Waals surface area (Å²) in [5.41, 5.74) is 1.09. The van der Waals surface area contributed by atoms with Crippen molar-refractivity contribution < 1.29 is 19.4 Å².